The lowest BCUT2D eigenvalue weighted by molar-refractivity contribution is -0.115. The van der Waals surface area contributed by atoms with Crippen molar-refractivity contribution in [3.05, 3.63) is 84.2 Å². The summed E-state index contributed by atoms with van der Waals surface area (Å²) in [5.74, 6) is 1.28. The van der Waals surface area contributed by atoms with Gasteiger partial charge in [-0.3, -0.25) is 14.3 Å². The highest BCUT2D eigenvalue weighted by Gasteiger charge is 2.33. The molecule has 0 radical (unpaired) electrons. The Morgan fingerprint density at radius 1 is 1.09 bits per heavy atom. The second-order valence-corrected chi connectivity index (χ2v) is 9.32. The molecule has 2 heterocycles. The topological polar surface area (TPSA) is 81.9 Å². The Labute approximate surface area is 202 Å². The lowest BCUT2D eigenvalue weighted by Crippen LogP contribution is -2.20. The number of benzene rings is 2. The molecule has 1 amide bonds. The Bertz CT molecular complexity index is 1290. The van der Waals surface area contributed by atoms with Gasteiger partial charge in [-0.15, -0.1) is 10.2 Å². The van der Waals surface area contributed by atoms with Crippen molar-refractivity contribution in [2.45, 2.75) is 36.2 Å². The summed E-state index contributed by atoms with van der Waals surface area (Å²) in [6.45, 7) is 1.98. The average molecular weight is 472 g/mol. The Morgan fingerprint density at radius 3 is 2.56 bits per heavy atom. The number of pyridine rings is 1. The van der Waals surface area contributed by atoms with Gasteiger partial charge in [0.1, 0.15) is 11.0 Å². The highest BCUT2D eigenvalue weighted by atomic mass is 32.2. The van der Waals surface area contributed by atoms with Crippen LogP contribution in [0.2, 0.25) is 0 Å². The van der Waals surface area contributed by atoms with Crippen molar-refractivity contribution in [1.82, 2.24) is 19.7 Å². The molecule has 2 aromatic heterocycles. The maximum atomic E-state index is 13.6. The van der Waals surface area contributed by atoms with E-state index in [-0.39, 0.29) is 5.91 Å². The van der Waals surface area contributed by atoms with Crippen molar-refractivity contribution in [1.29, 1.82) is 0 Å². The molecule has 8 heteroatoms. The number of nitrogens with one attached hydrogen (secondary N) is 1. The molecule has 1 aliphatic rings. The standard InChI is InChI=1S/C26H25N5O2S/c1-17-8-11-22(33-2)21(16-17)28-25(32)23(18-6-4-3-5-7-18)34-26-30-29-24(31(26)20-9-10-20)19-12-14-27-15-13-19/h3-8,11-16,20,23H,9-10H2,1-2H3,(H,28,32). The number of aromatic nitrogens is 4. The Hall–Kier alpha value is -3.65. The van der Waals surface area contributed by atoms with E-state index in [4.69, 9.17) is 4.74 Å². The predicted octanol–water partition coefficient (Wildman–Crippen LogP) is 5.46. The summed E-state index contributed by atoms with van der Waals surface area (Å²) in [5, 5.41) is 12.3. The van der Waals surface area contributed by atoms with Crippen LogP contribution in [-0.2, 0) is 4.79 Å². The first-order valence-corrected chi connectivity index (χ1v) is 12.0. The monoisotopic (exact) mass is 471 g/mol. The van der Waals surface area contributed by atoms with Gasteiger partial charge in [0, 0.05) is 24.0 Å². The molecule has 172 valence electrons. The second-order valence-electron chi connectivity index (χ2n) is 8.24. The molecule has 1 atom stereocenters. The number of methoxy groups -OCH3 is 1. The van der Waals surface area contributed by atoms with Crippen LogP contribution in [0.15, 0.2) is 78.2 Å². The number of nitrogens with zero attached hydrogens (tertiary/aromatic N) is 4. The average Bonchev–Trinajstić information content (AvgIpc) is 3.62. The van der Waals surface area contributed by atoms with E-state index in [0.29, 0.717) is 17.5 Å². The molecule has 34 heavy (non-hydrogen) atoms. The minimum Gasteiger partial charge on any atom is -0.495 e. The minimum absolute atomic E-state index is 0.143. The van der Waals surface area contributed by atoms with Gasteiger partial charge in [-0.1, -0.05) is 48.2 Å². The molecule has 0 aliphatic heterocycles. The SMILES string of the molecule is COc1ccc(C)cc1NC(=O)C(Sc1nnc(-c2ccncc2)n1C1CC1)c1ccccc1. The van der Waals surface area contributed by atoms with Crippen LogP contribution >= 0.6 is 11.8 Å². The number of anilines is 1. The van der Waals surface area contributed by atoms with E-state index in [9.17, 15) is 4.79 Å². The van der Waals surface area contributed by atoms with Crippen molar-refractivity contribution in [3.63, 3.8) is 0 Å². The van der Waals surface area contributed by atoms with E-state index in [1.54, 1.807) is 19.5 Å². The molecule has 1 fully saturated rings. The zero-order chi connectivity index (χ0) is 23.5. The van der Waals surface area contributed by atoms with Crippen LogP contribution in [0.25, 0.3) is 11.4 Å². The number of rotatable bonds is 8. The van der Waals surface area contributed by atoms with Gasteiger partial charge in [-0.25, -0.2) is 0 Å². The largest absolute Gasteiger partial charge is 0.495 e. The first kappa shape index (κ1) is 22.2. The molecule has 1 unspecified atom stereocenters. The highest BCUT2D eigenvalue weighted by molar-refractivity contribution is 8.00. The third kappa shape index (κ3) is 4.68. The van der Waals surface area contributed by atoms with Crippen LogP contribution in [0.4, 0.5) is 5.69 Å². The van der Waals surface area contributed by atoms with Crippen LogP contribution < -0.4 is 10.1 Å². The minimum atomic E-state index is -0.515. The molecule has 7 nitrogen and oxygen atoms in total. The molecular formula is C26H25N5O2S. The summed E-state index contributed by atoms with van der Waals surface area (Å²) in [4.78, 5) is 17.7. The number of amides is 1. The molecule has 1 saturated carbocycles. The zero-order valence-electron chi connectivity index (χ0n) is 19.0. The van der Waals surface area contributed by atoms with Crippen LogP contribution in [0.1, 0.15) is 35.3 Å². The molecule has 0 saturated heterocycles. The summed E-state index contributed by atoms with van der Waals surface area (Å²) in [6, 6.07) is 19.7. The Kier molecular flexibility index (Phi) is 6.31. The van der Waals surface area contributed by atoms with Gasteiger partial charge < -0.3 is 10.1 Å². The van der Waals surface area contributed by atoms with Crippen molar-refractivity contribution < 1.29 is 9.53 Å². The lowest BCUT2D eigenvalue weighted by Gasteiger charge is -2.19. The molecule has 5 rings (SSSR count). The lowest BCUT2D eigenvalue weighted by atomic mass is 10.1. The van der Waals surface area contributed by atoms with Crippen LogP contribution in [0.3, 0.4) is 0 Å². The third-order valence-corrected chi connectivity index (χ3v) is 6.90. The normalized spacial score (nSPS) is 13.9. The molecular weight excluding hydrogens is 446 g/mol. The van der Waals surface area contributed by atoms with Gasteiger partial charge in [-0.2, -0.15) is 0 Å². The summed E-state index contributed by atoms with van der Waals surface area (Å²) in [5.41, 5.74) is 3.55. The van der Waals surface area contributed by atoms with Crippen LogP contribution in [0, 0.1) is 6.92 Å². The number of carbonyl (C=O) groups is 1. The van der Waals surface area contributed by atoms with Gasteiger partial charge in [0.05, 0.1) is 12.8 Å². The smallest absolute Gasteiger partial charge is 0.242 e. The molecule has 0 bridgehead atoms. The summed E-state index contributed by atoms with van der Waals surface area (Å²) >= 11 is 1.42. The highest BCUT2D eigenvalue weighted by Crippen LogP contribution is 2.44. The number of thioether (sulfide) groups is 1. The third-order valence-electron chi connectivity index (χ3n) is 5.69. The maximum Gasteiger partial charge on any atom is 0.242 e. The van der Waals surface area contributed by atoms with Gasteiger partial charge in [0.25, 0.3) is 0 Å². The zero-order valence-corrected chi connectivity index (χ0v) is 19.8. The first-order valence-electron chi connectivity index (χ1n) is 11.2. The van der Waals surface area contributed by atoms with E-state index in [1.807, 2.05) is 67.6 Å². The Morgan fingerprint density at radius 2 is 1.85 bits per heavy atom. The van der Waals surface area contributed by atoms with Crippen LogP contribution in [0.5, 0.6) is 5.75 Å². The predicted molar refractivity (Wildman–Crippen MR) is 133 cm³/mol. The van der Waals surface area contributed by atoms with Gasteiger partial charge in [-0.05, 0) is 55.2 Å². The van der Waals surface area contributed by atoms with E-state index < -0.39 is 5.25 Å². The van der Waals surface area contributed by atoms with Crippen molar-refractivity contribution >= 4 is 23.4 Å². The van der Waals surface area contributed by atoms with E-state index >= 15 is 0 Å². The molecule has 1 N–H and O–H groups in total. The number of carbonyl (C=O) groups excluding carboxylic acids is 1. The molecule has 4 aromatic rings. The number of hydrogen-bond acceptors (Lipinski definition) is 6. The van der Waals surface area contributed by atoms with Gasteiger partial charge >= 0.3 is 0 Å². The van der Waals surface area contributed by atoms with E-state index in [2.05, 4.69) is 25.1 Å². The molecule has 1 aliphatic carbocycles. The van der Waals surface area contributed by atoms with Crippen LogP contribution in [-0.4, -0.2) is 32.8 Å². The summed E-state index contributed by atoms with van der Waals surface area (Å²) in [6.07, 6.45) is 5.66. The first-order chi connectivity index (χ1) is 16.6. The fourth-order valence-corrected chi connectivity index (χ4v) is 4.95. The fourth-order valence-electron chi connectivity index (χ4n) is 3.84. The van der Waals surface area contributed by atoms with E-state index in [0.717, 1.165) is 40.5 Å². The van der Waals surface area contributed by atoms with E-state index in [1.165, 1.54) is 11.8 Å². The number of aryl methyl sites for hydroxylation is 1. The quantitative estimate of drug-likeness (QED) is 0.344. The molecule has 2 aromatic carbocycles. The van der Waals surface area contributed by atoms with Crippen molar-refractivity contribution in [3.8, 4) is 17.1 Å². The summed E-state index contributed by atoms with van der Waals surface area (Å²) in [7, 11) is 1.60. The van der Waals surface area contributed by atoms with Crippen molar-refractivity contribution in [2.24, 2.45) is 0 Å². The maximum absolute atomic E-state index is 13.6. The summed E-state index contributed by atoms with van der Waals surface area (Å²) < 4.78 is 7.63. The van der Waals surface area contributed by atoms with Crippen molar-refractivity contribution in [2.75, 3.05) is 12.4 Å². The molecule has 0 spiro atoms. The number of hydrogen-bond donors (Lipinski definition) is 1. The number of ether oxygens (including phenoxy) is 1. The second kappa shape index (κ2) is 9.69. The fraction of sp³-hybridized carbons (Fsp3) is 0.231. The van der Waals surface area contributed by atoms with Gasteiger partial charge in [0.2, 0.25) is 5.91 Å². The Balaban J connectivity index is 1.49. The van der Waals surface area contributed by atoms with Gasteiger partial charge in [0.15, 0.2) is 11.0 Å².